The van der Waals surface area contributed by atoms with Crippen molar-refractivity contribution in [1.29, 1.82) is 0 Å². The number of nitrogens with one attached hydrogen (secondary N) is 2. The summed E-state index contributed by atoms with van der Waals surface area (Å²) in [4.78, 5) is 0.103. The van der Waals surface area contributed by atoms with E-state index in [0.29, 0.717) is 21.1 Å². The van der Waals surface area contributed by atoms with E-state index in [9.17, 15) is 8.42 Å². The predicted octanol–water partition coefficient (Wildman–Crippen LogP) is 3.92. The van der Waals surface area contributed by atoms with Gasteiger partial charge in [0, 0.05) is 15.6 Å². The van der Waals surface area contributed by atoms with Gasteiger partial charge < -0.3 is 0 Å². The average Bonchev–Trinajstić information content (AvgIpc) is 2.86. The van der Waals surface area contributed by atoms with Gasteiger partial charge in [0.1, 0.15) is 9.50 Å². The maximum absolute atomic E-state index is 12.6. The first kappa shape index (κ1) is 17.2. The zero-order valence-electron chi connectivity index (χ0n) is 11.9. The number of aromatic amines is 1. The van der Waals surface area contributed by atoms with E-state index < -0.39 is 15.6 Å². The fourth-order valence-corrected chi connectivity index (χ4v) is 5.48. The molecule has 2 aromatic rings. The zero-order valence-corrected chi connectivity index (χ0v) is 15.9. The largest absolute Gasteiger partial charge is 0.270 e. The van der Waals surface area contributed by atoms with Crippen LogP contribution in [0.4, 0.5) is 0 Å². The molecule has 0 atom stereocenters. The third-order valence-corrected chi connectivity index (χ3v) is 7.10. The van der Waals surface area contributed by atoms with Crippen LogP contribution in [-0.4, -0.2) is 24.2 Å². The van der Waals surface area contributed by atoms with Gasteiger partial charge in [0.05, 0.1) is 6.20 Å². The lowest BCUT2D eigenvalue weighted by Gasteiger charge is -2.42. The molecule has 3 rings (SSSR count). The first-order valence-electron chi connectivity index (χ1n) is 6.98. The minimum Gasteiger partial charge on any atom is -0.270 e. The second-order valence-corrected chi connectivity index (χ2v) is 8.99. The van der Waals surface area contributed by atoms with Gasteiger partial charge in [-0.15, -0.1) is 0 Å². The highest BCUT2D eigenvalue weighted by atomic mass is 79.9. The molecule has 0 spiro atoms. The summed E-state index contributed by atoms with van der Waals surface area (Å²) in [5.41, 5.74) is 0.359. The van der Waals surface area contributed by atoms with Gasteiger partial charge >= 0.3 is 0 Å². The first-order chi connectivity index (χ1) is 10.8. The highest BCUT2D eigenvalue weighted by Crippen LogP contribution is 2.38. The molecule has 124 valence electrons. The Morgan fingerprint density at radius 1 is 1.35 bits per heavy atom. The topological polar surface area (TPSA) is 74.8 Å². The maximum Gasteiger partial charge on any atom is 0.245 e. The molecule has 0 saturated heterocycles. The molecule has 9 heteroatoms. The van der Waals surface area contributed by atoms with E-state index in [2.05, 4.69) is 30.8 Å². The van der Waals surface area contributed by atoms with E-state index >= 15 is 0 Å². The Balaban J connectivity index is 1.86. The zero-order chi connectivity index (χ0) is 16.7. The Hall–Kier alpha value is -0.600. The SMILES string of the molecule is O=S(=O)(NC1(Cc2ccc(Cl)cc2Cl)CCC1)c1cn[nH]c1Br. The summed E-state index contributed by atoms with van der Waals surface area (Å²) in [6.07, 6.45) is 4.31. The Labute approximate surface area is 152 Å². The van der Waals surface area contributed by atoms with Crippen molar-refractivity contribution in [1.82, 2.24) is 14.9 Å². The fourth-order valence-electron chi connectivity index (χ4n) is 2.73. The molecule has 1 aliphatic carbocycles. The number of hydrogen-bond acceptors (Lipinski definition) is 3. The van der Waals surface area contributed by atoms with Gasteiger partial charge in [-0.2, -0.15) is 5.10 Å². The van der Waals surface area contributed by atoms with Crippen molar-refractivity contribution in [2.45, 2.75) is 36.1 Å². The Bertz CT molecular complexity index is 834. The van der Waals surface area contributed by atoms with Gasteiger partial charge in [-0.05, 0) is 59.3 Å². The normalized spacial score (nSPS) is 17.0. The lowest BCUT2D eigenvalue weighted by Crippen LogP contribution is -2.54. The molecule has 0 bridgehead atoms. The first-order valence-corrected chi connectivity index (χ1v) is 10.0. The van der Waals surface area contributed by atoms with E-state index in [4.69, 9.17) is 23.2 Å². The Kier molecular flexibility index (Phi) is 4.77. The van der Waals surface area contributed by atoms with E-state index in [1.165, 1.54) is 6.20 Å². The quantitative estimate of drug-likeness (QED) is 0.742. The van der Waals surface area contributed by atoms with Crippen molar-refractivity contribution >= 4 is 49.2 Å². The van der Waals surface area contributed by atoms with Crippen LogP contribution < -0.4 is 4.72 Å². The molecule has 0 unspecified atom stereocenters. The lowest BCUT2D eigenvalue weighted by molar-refractivity contribution is 0.220. The summed E-state index contributed by atoms with van der Waals surface area (Å²) in [5.74, 6) is 0. The van der Waals surface area contributed by atoms with Crippen molar-refractivity contribution in [3.05, 3.63) is 44.6 Å². The third kappa shape index (κ3) is 3.58. The van der Waals surface area contributed by atoms with Crippen LogP contribution >= 0.6 is 39.1 Å². The number of halogens is 3. The molecular weight excluding hydrogens is 425 g/mol. The van der Waals surface area contributed by atoms with E-state index in [1.54, 1.807) is 12.1 Å². The van der Waals surface area contributed by atoms with Crippen molar-refractivity contribution in [3.63, 3.8) is 0 Å². The van der Waals surface area contributed by atoms with Gasteiger partial charge in [0.2, 0.25) is 10.0 Å². The molecule has 5 nitrogen and oxygen atoms in total. The monoisotopic (exact) mass is 437 g/mol. The minimum atomic E-state index is -3.67. The van der Waals surface area contributed by atoms with Gasteiger partial charge in [-0.3, -0.25) is 5.10 Å². The van der Waals surface area contributed by atoms with Crippen LogP contribution in [0.2, 0.25) is 10.0 Å². The molecular formula is C14H14BrCl2N3O2S. The average molecular weight is 439 g/mol. The van der Waals surface area contributed by atoms with Crippen LogP contribution in [0.3, 0.4) is 0 Å². The highest BCUT2D eigenvalue weighted by molar-refractivity contribution is 9.10. The van der Waals surface area contributed by atoms with Crippen molar-refractivity contribution < 1.29 is 8.42 Å². The third-order valence-electron chi connectivity index (χ3n) is 4.06. The Morgan fingerprint density at radius 3 is 2.61 bits per heavy atom. The van der Waals surface area contributed by atoms with Crippen LogP contribution in [0.1, 0.15) is 24.8 Å². The summed E-state index contributed by atoms with van der Waals surface area (Å²) >= 11 is 15.3. The molecule has 0 aliphatic heterocycles. The molecule has 23 heavy (non-hydrogen) atoms. The van der Waals surface area contributed by atoms with Crippen LogP contribution in [-0.2, 0) is 16.4 Å². The molecule has 1 aliphatic rings. The summed E-state index contributed by atoms with van der Waals surface area (Å²) in [6.45, 7) is 0. The predicted molar refractivity (Wildman–Crippen MR) is 93.4 cm³/mol. The van der Waals surface area contributed by atoms with E-state index in [1.807, 2.05) is 6.07 Å². The van der Waals surface area contributed by atoms with Crippen molar-refractivity contribution in [2.24, 2.45) is 0 Å². The van der Waals surface area contributed by atoms with E-state index in [0.717, 1.165) is 24.8 Å². The van der Waals surface area contributed by atoms with Gasteiger partial charge in [0.25, 0.3) is 0 Å². The number of rotatable bonds is 5. The molecule has 0 amide bonds. The number of benzene rings is 1. The van der Waals surface area contributed by atoms with E-state index in [-0.39, 0.29) is 4.90 Å². The van der Waals surface area contributed by atoms with Gasteiger partial charge in [-0.1, -0.05) is 29.3 Å². The maximum atomic E-state index is 12.6. The molecule has 1 aromatic carbocycles. The second kappa shape index (κ2) is 6.37. The molecule has 1 heterocycles. The summed E-state index contributed by atoms with van der Waals surface area (Å²) in [7, 11) is -3.67. The molecule has 1 fully saturated rings. The van der Waals surface area contributed by atoms with Crippen LogP contribution in [0, 0.1) is 0 Å². The molecule has 2 N–H and O–H groups in total. The highest BCUT2D eigenvalue weighted by Gasteiger charge is 2.41. The number of aromatic nitrogens is 2. The standard InChI is InChI=1S/C14H14BrCl2N3O2S/c15-13-12(8-18-19-13)23(21,22)20-14(4-1-5-14)7-9-2-3-10(16)6-11(9)17/h2-3,6,8,20H,1,4-5,7H2,(H,18,19). The second-order valence-electron chi connectivity index (χ2n) is 5.70. The number of nitrogens with zero attached hydrogens (tertiary/aromatic N) is 1. The summed E-state index contributed by atoms with van der Waals surface area (Å²) < 4.78 is 28.4. The van der Waals surface area contributed by atoms with Crippen molar-refractivity contribution in [2.75, 3.05) is 0 Å². The van der Waals surface area contributed by atoms with Crippen molar-refractivity contribution in [3.8, 4) is 0 Å². The Morgan fingerprint density at radius 2 is 2.09 bits per heavy atom. The lowest BCUT2D eigenvalue weighted by atomic mass is 9.74. The van der Waals surface area contributed by atoms with Crippen LogP contribution in [0.25, 0.3) is 0 Å². The van der Waals surface area contributed by atoms with Crippen LogP contribution in [0.5, 0.6) is 0 Å². The van der Waals surface area contributed by atoms with Gasteiger partial charge in [-0.25, -0.2) is 13.1 Å². The molecule has 1 saturated carbocycles. The molecule has 1 aromatic heterocycles. The number of hydrogen-bond donors (Lipinski definition) is 2. The number of H-pyrrole nitrogens is 1. The minimum absolute atomic E-state index is 0.103. The van der Waals surface area contributed by atoms with Crippen LogP contribution in [0.15, 0.2) is 33.9 Å². The molecule has 0 radical (unpaired) electrons. The van der Waals surface area contributed by atoms with Gasteiger partial charge in [0.15, 0.2) is 0 Å². The smallest absolute Gasteiger partial charge is 0.245 e. The fraction of sp³-hybridized carbons (Fsp3) is 0.357. The summed E-state index contributed by atoms with van der Waals surface area (Å²) in [6, 6.07) is 5.27. The number of sulfonamides is 1. The summed E-state index contributed by atoms with van der Waals surface area (Å²) in [5, 5.41) is 7.42.